The SMILES string of the molecule is Cc1cc2c(cc1O)C=Nc1ccccc1N2. The van der Waals surface area contributed by atoms with Crippen LogP contribution in [0.2, 0.25) is 0 Å². The molecule has 0 fully saturated rings. The summed E-state index contributed by atoms with van der Waals surface area (Å²) in [5, 5.41) is 13.0. The number of aryl methyl sites for hydroxylation is 1. The van der Waals surface area contributed by atoms with E-state index < -0.39 is 0 Å². The maximum atomic E-state index is 9.69. The minimum Gasteiger partial charge on any atom is -0.508 e. The molecule has 0 amide bonds. The van der Waals surface area contributed by atoms with E-state index in [4.69, 9.17) is 0 Å². The first-order chi connectivity index (χ1) is 8.24. The van der Waals surface area contributed by atoms with Gasteiger partial charge < -0.3 is 10.4 Å². The van der Waals surface area contributed by atoms with Crippen molar-refractivity contribution in [3.63, 3.8) is 0 Å². The van der Waals surface area contributed by atoms with Gasteiger partial charge in [-0.05, 0) is 36.8 Å². The predicted molar refractivity (Wildman–Crippen MR) is 69.8 cm³/mol. The van der Waals surface area contributed by atoms with Crippen molar-refractivity contribution in [1.29, 1.82) is 0 Å². The molecular weight excluding hydrogens is 212 g/mol. The molecule has 3 rings (SSSR count). The van der Waals surface area contributed by atoms with E-state index in [1.807, 2.05) is 37.3 Å². The number of rotatable bonds is 0. The van der Waals surface area contributed by atoms with Crippen LogP contribution in [-0.2, 0) is 0 Å². The van der Waals surface area contributed by atoms with E-state index >= 15 is 0 Å². The molecule has 0 unspecified atom stereocenters. The monoisotopic (exact) mass is 224 g/mol. The molecule has 0 atom stereocenters. The molecule has 3 heteroatoms. The van der Waals surface area contributed by atoms with Crippen LogP contribution < -0.4 is 5.32 Å². The summed E-state index contributed by atoms with van der Waals surface area (Å²) in [4.78, 5) is 4.40. The molecule has 0 bridgehead atoms. The van der Waals surface area contributed by atoms with E-state index in [1.165, 1.54) is 0 Å². The van der Waals surface area contributed by atoms with Crippen molar-refractivity contribution >= 4 is 23.3 Å². The van der Waals surface area contributed by atoms with Crippen molar-refractivity contribution in [2.45, 2.75) is 6.92 Å². The molecule has 1 aliphatic heterocycles. The van der Waals surface area contributed by atoms with Gasteiger partial charge in [0.05, 0.1) is 11.4 Å². The Hall–Kier alpha value is -2.29. The van der Waals surface area contributed by atoms with E-state index in [1.54, 1.807) is 12.3 Å². The highest BCUT2D eigenvalue weighted by molar-refractivity contribution is 5.95. The van der Waals surface area contributed by atoms with Crippen LogP contribution >= 0.6 is 0 Å². The number of hydrogen-bond donors (Lipinski definition) is 2. The second-order valence-electron chi connectivity index (χ2n) is 4.13. The van der Waals surface area contributed by atoms with E-state index in [-0.39, 0.29) is 0 Å². The van der Waals surface area contributed by atoms with Gasteiger partial charge in [0, 0.05) is 17.5 Å². The minimum absolute atomic E-state index is 0.294. The van der Waals surface area contributed by atoms with Crippen molar-refractivity contribution in [3.8, 4) is 5.75 Å². The van der Waals surface area contributed by atoms with Crippen LogP contribution in [0.5, 0.6) is 5.75 Å². The van der Waals surface area contributed by atoms with Crippen LogP contribution in [-0.4, -0.2) is 11.3 Å². The van der Waals surface area contributed by atoms with Gasteiger partial charge in [0.2, 0.25) is 0 Å². The number of fused-ring (bicyclic) bond motifs is 2. The first-order valence-electron chi connectivity index (χ1n) is 5.48. The molecule has 0 aromatic heterocycles. The number of nitrogens with zero attached hydrogens (tertiary/aromatic N) is 1. The Labute approximate surface area is 99.5 Å². The first-order valence-corrected chi connectivity index (χ1v) is 5.48. The third-order valence-corrected chi connectivity index (χ3v) is 2.88. The number of aliphatic imine (C=N–C) groups is 1. The summed E-state index contributed by atoms with van der Waals surface area (Å²) in [6.45, 7) is 1.88. The zero-order valence-corrected chi connectivity index (χ0v) is 9.44. The summed E-state index contributed by atoms with van der Waals surface area (Å²) in [5.41, 5.74) is 4.59. The van der Waals surface area contributed by atoms with Crippen molar-refractivity contribution in [1.82, 2.24) is 0 Å². The summed E-state index contributed by atoms with van der Waals surface area (Å²) >= 11 is 0. The second-order valence-corrected chi connectivity index (χ2v) is 4.13. The molecule has 84 valence electrons. The largest absolute Gasteiger partial charge is 0.508 e. The maximum absolute atomic E-state index is 9.69. The van der Waals surface area contributed by atoms with Crippen LogP contribution in [0, 0.1) is 6.92 Å². The van der Waals surface area contributed by atoms with Crippen molar-refractivity contribution < 1.29 is 5.11 Å². The van der Waals surface area contributed by atoms with Crippen LogP contribution in [0.4, 0.5) is 17.1 Å². The fourth-order valence-corrected chi connectivity index (χ4v) is 1.90. The Morgan fingerprint density at radius 2 is 1.94 bits per heavy atom. The summed E-state index contributed by atoms with van der Waals surface area (Å²) < 4.78 is 0. The van der Waals surface area contributed by atoms with Gasteiger partial charge in [0.15, 0.2) is 0 Å². The lowest BCUT2D eigenvalue weighted by Gasteiger charge is -2.10. The summed E-state index contributed by atoms with van der Waals surface area (Å²) in [6.07, 6.45) is 1.77. The molecular formula is C14H12N2O. The van der Waals surface area contributed by atoms with E-state index in [0.717, 1.165) is 28.2 Å². The molecule has 1 aliphatic rings. The van der Waals surface area contributed by atoms with Gasteiger partial charge in [0.25, 0.3) is 0 Å². The van der Waals surface area contributed by atoms with Gasteiger partial charge in [-0.3, -0.25) is 4.99 Å². The highest BCUT2D eigenvalue weighted by atomic mass is 16.3. The lowest BCUT2D eigenvalue weighted by molar-refractivity contribution is 0.471. The molecule has 0 spiro atoms. The molecule has 3 nitrogen and oxygen atoms in total. The third kappa shape index (κ3) is 1.65. The second kappa shape index (κ2) is 3.63. The molecule has 0 saturated heterocycles. The highest BCUT2D eigenvalue weighted by Crippen LogP contribution is 2.34. The summed E-state index contributed by atoms with van der Waals surface area (Å²) in [5.74, 6) is 0.294. The predicted octanol–water partition coefficient (Wildman–Crippen LogP) is 3.51. The van der Waals surface area contributed by atoms with Crippen LogP contribution in [0.3, 0.4) is 0 Å². The molecule has 0 radical (unpaired) electrons. The highest BCUT2D eigenvalue weighted by Gasteiger charge is 2.10. The average molecular weight is 224 g/mol. The van der Waals surface area contributed by atoms with E-state index in [9.17, 15) is 5.11 Å². The topological polar surface area (TPSA) is 44.6 Å². The number of para-hydroxylation sites is 2. The number of hydrogen-bond acceptors (Lipinski definition) is 3. The van der Waals surface area contributed by atoms with Crippen LogP contribution in [0.25, 0.3) is 0 Å². The first kappa shape index (κ1) is 9.90. The standard InChI is InChI=1S/C14H12N2O/c1-9-6-13-10(7-14(9)17)8-15-11-4-2-3-5-12(11)16-13/h2-8,16-17H,1H3. The average Bonchev–Trinajstić information content (AvgIpc) is 2.49. The van der Waals surface area contributed by atoms with E-state index in [2.05, 4.69) is 10.3 Å². The molecule has 2 aromatic rings. The van der Waals surface area contributed by atoms with Crippen molar-refractivity contribution in [3.05, 3.63) is 47.5 Å². The number of nitrogens with one attached hydrogen (secondary N) is 1. The summed E-state index contributed by atoms with van der Waals surface area (Å²) in [6, 6.07) is 11.5. The Kier molecular flexibility index (Phi) is 2.11. The maximum Gasteiger partial charge on any atom is 0.119 e. The Balaban J connectivity index is 2.18. The number of phenolic OH excluding ortho intramolecular Hbond substituents is 1. The lowest BCUT2D eigenvalue weighted by atomic mass is 10.1. The van der Waals surface area contributed by atoms with Crippen molar-refractivity contribution in [2.24, 2.45) is 4.99 Å². The Morgan fingerprint density at radius 1 is 1.12 bits per heavy atom. The fraction of sp³-hybridized carbons (Fsp3) is 0.0714. The molecule has 0 saturated carbocycles. The Morgan fingerprint density at radius 3 is 2.82 bits per heavy atom. The van der Waals surface area contributed by atoms with Crippen LogP contribution in [0.15, 0.2) is 41.4 Å². The molecule has 17 heavy (non-hydrogen) atoms. The smallest absolute Gasteiger partial charge is 0.119 e. The Bertz CT molecular complexity index is 618. The zero-order valence-electron chi connectivity index (χ0n) is 9.44. The van der Waals surface area contributed by atoms with Gasteiger partial charge in [-0.25, -0.2) is 0 Å². The van der Waals surface area contributed by atoms with Gasteiger partial charge in [-0.2, -0.15) is 0 Å². The van der Waals surface area contributed by atoms with Gasteiger partial charge in [-0.15, -0.1) is 0 Å². The minimum atomic E-state index is 0.294. The quantitative estimate of drug-likeness (QED) is 0.574. The normalized spacial score (nSPS) is 12.3. The van der Waals surface area contributed by atoms with Crippen molar-refractivity contribution in [2.75, 3.05) is 5.32 Å². The number of benzene rings is 2. The molecule has 0 aliphatic carbocycles. The summed E-state index contributed by atoms with van der Waals surface area (Å²) in [7, 11) is 0. The van der Waals surface area contributed by atoms with Gasteiger partial charge >= 0.3 is 0 Å². The van der Waals surface area contributed by atoms with E-state index in [0.29, 0.717) is 5.75 Å². The van der Waals surface area contributed by atoms with Gasteiger partial charge in [-0.1, -0.05) is 12.1 Å². The van der Waals surface area contributed by atoms with Crippen LogP contribution in [0.1, 0.15) is 11.1 Å². The third-order valence-electron chi connectivity index (χ3n) is 2.88. The number of aromatic hydroxyl groups is 1. The van der Waals surface area contributed by atoms with Gasteiger partial charge in [0.1, 0.15) is 5.75 Å². The number of phenols is 1. The molecule has 2 aromatic carbocycles. The molecule has 2 N–H and O–H groups in total. The molecule has 1 heterocycles. The zero-order chi connectivity index (χ0) is 11.8. The lowest BCUT2D eigenvalue weighted by Crippen LogP contribution is -1.94. The number of anilines is 2. The fourth-order valence-electron chi connectivity index (χ4n) is 1.90.